The van der Waals surface area contributed by atoms with Crippen LogP contribution in [0.3, 0.4) is 0 Å². The van der Waals surface area contributed by atoms with Crippen LogP contribution in [0, 0.1) is 5.82 Å². The van der Waals surface area contributed by atoms with E-state index in [0.717, 1.165) is 12.1 Å². The standard InChI is InChI=1S/C13H11FO5/c1-13(2)18-11(16)9(12(17)19-13)10(15)7-3-5-8(14)6-4-7/h3-6,15H,1-2H3. The minimum atomic E-state index is -1.37. The first-order valence-corrected chi connectivity index (χ1v) is 5.46. The van der Waals surface area contributed by atoms with Crippen molar-refractivity contribution < 1.29 is 28.6 Å². The number of hydrogen-bond donors (Lipinski definition) is 1. The molecule has 2 rings (SSSR count). The van der Waals surface area contributed by atoms with E-state index in [2.05, 4.69) is 0 Å². The van der Waals surface area contributed by atoms with Gasteiger partial charge >= 0.3 is 11.9 Å². The Balaban J connectivity index is 2.43. The lowest BCUT2D eigenvalue weighted by Gasteiger charge is -2.30. The topological polar surface area (TPSA) is 72.8 Å². The van der Waals surface area contributed by atoms with Crippen molar-refractivity contribution in [3.05, 3.63) is 41.2 Å². The smallest absolute Gasteiger partial charge is 0.352 e. The van der Waals surface area contributed by atoms with Crippen LogP contribution >= 0.6 is 0 Å². The van der Waals surface area contributed by atoms with E-state index in [1.807, 2.05) is 0 Å². The molecule has 0 aliphatic carbocycles. The molecule has 0 unspecified atom stereocenters. The second-order valence-electron chi connectivity index (χ2n) is 4.41. The summed E-state index contributed by atoms with van der Waals surface area (Å²) in [5.41, 5.74) is -0.490. The van der Waals surface area contributed by atoms with Gasteiger partial charge in [0.25, 0.3) is 5.79 Å². The minimum Gasteiger partial charge on any atom is -0.506 e. The summed E-state index contributed by atoms with van der Waals surface area (Å²) in [4.78, 5) is 23.4. The maximum atomic E-state index is 12.8. The third-order valence-corrected chi connectivity index (χ3v) is 2.44. The fourth-order valence-corrected chi connectivity index (χ4v) is 1.60. The summed E-state index contributed by atoms with van der Waals surface area (Å²) in [6, 6.07) is 4.65. The Morgan fingerprint density at radius 3 is 2.05 bits per heavy atom. The molecular weight excluding hydrogens is 255 g/mol. The molecule has 19 heavy (non-hydrogen) atoms. The van der Waals surface area contributed by atoms with E-state index in [0.29, 0.717) is 0 Å². The Hall–Kier alpha value is -2.37. The highest BCUT2D eigenvalue weighted by Crippen LogP contribution is 2.27. The Bertz CT molecular complexity index is 549. The summed E-state index contributed by atoms with van der Waals surface area (Å²) in [5, 5.41) is 9.90. The number of aliphatic hydroxyl groups excluding tert-OH is 1. The van der Waals surface area contributed by atoms with Crippen molar-refractivity contribution in [3.63, 3.8) is 0 Å². The zero-order chi connectivity index (χ0) is 14.2. The highest BCUT2D eigenvalue weighted by Gasteiger charge is 2.41. The van der Waals surface area contributed by atoms with Crippen LogP contribution < -0.4 is 0 Å². The van der Waals surface area contributed by atoms with E-state index in [9.17, 15) is 19.1 Å². The van der Waals surface area contributed by atoms with Gasteiger partial charge in [0.15, 0.2) is 5.57 Å². The van der Waals surface area contributed by atoms with Crippen LogP contribution in [-0.2, 0) is 19.1 Å². The molecule has 1 fully saturated rings. The van der Waals surface area contributed by atoms with Crippen molar-refractivity contribution in [1.29, 1.82) is 0 Å². The first-order chi connectivity index (χ1) is 8.80. The highest BCUT2D eigenvalue weighted by molar-refractivity contribution is 6.20. The summed E-state index contributed by atoms with van der Waals surface area (Å²) in [6.45, 7) is 2.79. The van der Waals surface area contributed by atoms with E-state index in [-0.39, 0.29) is 5.56 Å². The second kappa shape index (κ2) is 4.38. The Morgan fingerprint density at radius 2 is 1.58 bits per heavy atom. The van der Waals surface area contributed by atoms with Gasteiger partial charge in [-0.3, -0.25) is 0 Å². The SMILES string of the molecule is CC1(C)OC(=O)C(=C(O)c2ccc(F)cc2)C(=O)O1. The number of aliphatic hydroxyl groups is 1. The quantitative estimate of drug-likeness (QED) is 0.364. The third kappa shape index (κ3) is 2.57. The molecule has 0 radical (unpaired) electrons. The monoisotopic (exact) mass is 266 g/mol. The fourth-order valence-electron chi connectivity index (χ4n) is 1.60. The summed E-state index contributed by atoms with van der Waals surface area (Å²) in [7, 11) is 0. The molecule has 0 aromatic heterocycles. The normalized spacial score (nSPS) is 17.7. The number of halogens is 1. The van der Waals surface area contributed by atoms with Gasteiger partial charge in [-0.1, -0.05) is 0 Å². The average Bonchev–Trinajstić information content (AvgIpc) is 2.26. The second-order valence-corrected chi connectivity index (χ2v) is 4.41. The van der Waals surface area contributed by atoms with Gasteiger partial charge in [0.2, 0.25) is 0 Å². The zero-order valence-corrected chi connectivity index (χ0v) is 10.3. The van der Waals surface area contributed by atoms with E-state index in [1.54, 1.807) is 0 Å². The molecule has 0 atom stereocenters. The minimum absolute atomic E-state index is 0.116. The number of hydrogen-bond acceptors (Lipinski definition) is 5. The fraction of sp³-hybridized carbons (Fsp3) is 0.231. The number of rotatable bonds is 1. The van der Waals surface area contributed by atoms with E-state index >= 15 is 0 Å². The van der Waals surface area contributed by atoms with Gasteiger partial charge in [0.1, 0.15) is 11.6 Å². The first kappa shape index (κ1) is 13.1. The van der Waals surface area contributed by atoms with E-state index < -0.39 is 34.9 Å². The van der Waals surface area contributed by atoms with E-state index in [4.69, 9.17) is 9.47 Å². The van der Waals surface area contributed by atoms with Gasteiger partial charge in [0.05, 0.1) is 0 Å². The predicted molar refractivity (Wildman–Crippen MR) is 62.2 cm³/mol. The lowest BCUT2D eigenvalue weighted by Crippen LogP contribution is -2.42. The Labute approximate surface area is 108 Å². The van der Waals surface area contributed by atoms with E-state index in [1.165, 1.54) is 26.0 Å². The van der Waals surface area contributed by atoms with Crippen molar-refractivity contribution in [2.45, 2.75) is 19.6 Å². The molecular formula is C13H11FO5. The molecule has 5 nitrogen and oxygen atoms in total. The van der Waals surface area contributed by atoms with Crippen LogP contribution in [0.25, 0.3) is 5.76 Å². The van der Waals surface area contributed by atoms with Crippen molar-refractivity contribution in [1.82, 2.24) is 0 Å². The number of carbonyl (C=O) groups is 2. The molecule has 0 spiro atoms. The molecule has 1 aromatic rings. The molecule has 0 bridgehead atoms. The average molecular weight is 266 g/mol. The third-order valence-electron chi connectivity index (χ3n) is 2.44. The molecule has 0 amide bonds. The summed E-state index contributed by atoms with van der Waals surface area (Å²) >= 11 is 0. The molecule has 1 aliphatic rings. The van der Waals surface area contributed by atoms with Crippen LogP contribution in [0.1, 0.15) is 19.4 Å². The van der Waals surface area contributed by atoms with Gasteiger partial charge in [-0.05, 0) is 24.3 Å². The van der Waals surface area contributed by atoms with Crippen LogP contribution in [0.4, 0.5) is 4.39 Å². The summed E-state index contributed by atoms with van der Waals surface area (Å²) < 4.78 is 22.5. The molecule has 0 saturated carbocycles. The summed E-state index contributed by atoms with van der Waals surface area (Å²) in [6.07, 6.45) is 0. The van der Waals surface area contributed by atoms with Gasteiger partial charge in [-0.2, -0.15) is 0 Å². The predicted octanol–water partition coefficient (Wildman–Crippen LogP) is 1.93. The maximum Gasteiger partial charge on any atom is 0.352 e. The number of esters is 2. The number of cyclic esters (lactones) is 2. The molecule has 6 heteroatoms. The van der Waals surface area contributed by atoms with Gasteiger partial charge in [0, 0.05) is 19.4 Å². The molecule has 1 aromatic carbocycles. The lowest BCUT2D eigenvalue weighted by molar-refractivity contribution is -0.222. The lowest BCUT2D eigenvalue weighted by atomic mass is 10.1. The number of ether oxygens (including phenoxy) is 2. The van der Waals surface area contributed by atoms with Crippen LogP contribution in [0.5, 0.6) is 0 Å². The largest absolute Gasteiger partial charge is 0.506 e. The van der Waals surface area contributed by atoms with Gasteiger partial charge < -0.3 is 14.6 Å². The maximum absolute atomic E-state index is 12.8. The van der Waals surface area contributed by atoms with Crippen molar-refractivity contribution in [2.24, 2.45) is 0 Å². The Morgan fingerprint density at radius 1 is 1.11 bits per heavy atom. The zero-order valence-electron chi connectivity index (χ0n) is 10.3. The van der Waals surface area contributed by atoms with Crippen LogP contribution in [0.15, 0.2) is 29.8 Å². The highest BCUT2D eigenvalue weighted by atomic mass is 19.1. The number of benzene rings is 1. The van der Waals surface area contributed by atoms with Crippen molar-refractivity contribution in [2.75, 3.05) is 0 Å². The summed E-state index contributed by atoms with van der Waals surface area (Å²) in [5.74, 6) is -4.45. The molecule has 1 heterocycles. The molecule has 1 saturated heterocycles. The van der Waals surface area contributed by atoms with Crippen molar-refractivity contribution >= 4 is 17.7 Å². The molecule has 100 valence electrons. The van der Waals surface area contributed by atoms with Crippen molar-refractivity contribution in [3.8, 4) is 0 Å². The first-order valence-electron chi connectivity index (χ1n) is 5.46. The molecule has 1 aliphatic heterocycles. The Kier molecular flexibility index (Phi) is 3.01. The van der Waals surface area contributed by atoms with Crippen LogP contribution in [-0.4, -0.2) is 22.8 Å². The van der Waals surface area contributed by atoms with Gasteiger partial charge in [-0.15, -0.1) is 0 Å². The van der Waals surface area contributed by atoms with Gasteiger partial charge in [-0.25, -0.2) is 14.0 Å². The molecule has 1 N–H and O–H groups in total. The number of carbonyl (C=O) groups excluding carboxylic acids is 2. The van der Waals surface area contributed by atoms with Crippen LogP contribution in [0.2, 0.25) is 0 Å².